The molecule has 0 spiro atoms. The van der Waals surface area contributed by atoms with Crippen molar-refractivity contribution >= 4 is 22.8 Å². The second-order valence-corrected chi connectivity index (χ2v) is 8.58. The standard InChI is InChI=1S/C25H23N3O2S/c1-17-6-5-9-19(14-17)26-23(21-15-28-11-12-30-16-22(28)27-21)24(29)20-10-13-31-25(20)18-7-3-2-4-8-18/h2-10,13-15,23,26H,11-12,16H2,1H3. The van der Waals surface area contributed by atoms with Gasteiger partial charge in [-0.3, -0.25) is 4.79 Å². The Bertz CT molecular complexity index is 1190. The van der Waals surface area contributed by atoms with Gasteiger partial charge in [-0.05, 0) is 41.6 Å². The van der Waals surface area contributed by atoms with E-state index in [2.05, 4.69) is 9.88 Å². The monoisotopic (exact) mass is 429 g/mol. The van der Waals surface area contributed by atoms with E-state index in [1.807, 2.05) is 79.2 Å². The predicted octanol–water partition coefficient (Wildman–Crippen LogP) is 5.49. The lowest BCUT2D eigenvalue weighted by atomic mass is 9.99. The second-order valence-electron chi connectivity index (χ2n) is 7.67. The Labute approximate surface area is 185 Å². The molecule has 3 heterocycles. The van der Waals surface area contributed by atoms with Crippen LogP contribution in [0.4, 0.5) is 5.69 Å². The number of fused-ring (bicyclic) bond motifs is 1. The van der Waals surface area contributed by atoms with Gasteiger partial charge in [0.15, 0.2) is 5.78 Å². The SMILES string of the molecule is Cc1cccc(NC(C(=O)c2ccsc2-c2ccccc2)c2cn3c(n2)COCC3)c1. The van der Waals surface area contributed by atoms with Crippen LogP contribution < -0.4 is 5.32 Å². The number of thiophene rings is 1. The second kappa shape index (κ2) is 8.49. The van der Waals surface area contributed by atoms with Crippen LogP contribution in [-0.2, 0) is 17.9 Å². The van der Waals surface area contributed by atoms with Crippen molar-refractivity contribution in [3.05, 3.63) is 94.9 Å². The molecule has 156 valence electrons. The lowest BCUT2D eigenvalue weighted by molar-refractivity contribution is 0.0816. The van der Waals surface area contributed by atoms with Crippen molar-refractivity contribution in [2.75, 3.05) is 11.9 Å². The van der Waals surface area contributed by atoms with Crippen LogP contribution in [0.2, 0.25) is 0 Å². The molecule has 6 heteroatoms. The van der Waals surface area contributed by atoms with Gasteiger partial charge >= 0.3 is 0 Å². The number of hydrogen-bond acceptors (Lipinski definition) is 5. The van der Waals surface area contributed by atoms with Crippen LogP contribution in [0, 0.1) is 6.92 Å². The van der Waals surface area contributed by atoms with Gasteiger partial charge in [0.05, 0.1) is 12.3 Å². The van der Waals surface area contributed by atoms with E-state index < -0.39 is 6.04 Å². The molecule has 5 rings (SSSR count). The minimum Gasteiger partial charge on any atom is -0.372 e. The number of aryl methyl sites for hydroxylation is 1. The summed E-state index contributed by atoms with van der Waals surface area (Å²) in [5, 5.41) is 5.43. The molecule has 0 saturated heterocycles. The summed E-state index contributed by atoms with van der Waals surface area (Å²) in [4.78, 5) is 19.6. The Morgan fingerprint density at radius 3 is 2.84 bits per heavy atom. The fourth-order valence-corrected chi connectivity index (χ4v) is 4.81. The number of imidazole rings is 1. The number of nitrogens with one attached hydrogen (secondary N) is 1. The molecule has 0 amide bonds. The summed E-state index contributed by atoms with van der Waals surface area (Å²) in [6, 6.07) is 19.4. The van der Waals surface area contributed by atoms with Crippen LogP contribution in [0.1, 0.15) is 33.5 Å². The zero-order chi connectivity index (χ0) is 21.2. The first-order chi connectivity index (χ1) is 15.2. The van der Waals surface area contributed by atoms with Gasteiger partial charge < -0.3 is 14.6 Å². The third-order valence-corrected chi connectivity index (χ3v) is 6.40. The van der Waals surface area contributed by atoms with Gasteiger partial charge in [-0.25, -0.2) is 4.98 Å². The Kier molecular flexibility index (Phi) is 5.40. The first-order valence-corrected chi connectivity index (χ1v) is 11.2. The number of carbonyl (C=O) groups excluding carboxylic acids is 1. The van der Waals surface area contributed by atoms with Gasteiger partial charge in [-0.2, -0.15) is 0 Å². The fourth-order valence-electron chi connectivity index (χ4n) is 3.90. The van der Waals surface area contributed by atoms with Crippen molar-refractivity contribution in [2.45, 2.75) is 26.1 Å². The molecule has 1 aliphatic rings. The maximum Gasteiger partial charge on any atom is 0.192 e. The Hall–Kier alpha value is -3.22. The molecule has 4 aromatic rings. The normalized spacial score (nSPS) is 14.1. The number of anilines is 1. The lowest BCUT2D eigenvalue weighted by Crippen LogP contribution is -2.22. The molecule has 0 bridgehead atoms. The van der Waals surface area contributed by atoms with E-state index in [0.717, 1.165) is 39.8 Å². The zero-order valence-corrected chi connectivity index (χ0v) is 18.1. The summed E-state index contributed by atoms with van der Waals surface area (Å²) in [6.07, 6.45) is 1.98. The van der Waals surface area contributed by atoms with Crippen LogP contribution in [0.5, 0.6) is 0 Å². The average Bonchev–Trinajstić information content (AvgIpc) is 3.45. The van der Waals surface area contributed by atoms with Crippen molar-refractivity contribution in [3.8, 4) is 10.4 Å². The van der Waals surface area contributed by atoms with Crippen LogP contribution in [0.15, 0.2) is 72.2 Å². The van der Waals surface area contributed by atoms with Gasteiger partial charge in [0.1, 0.15) is 18.5 Å². The van der Waals surface area contributed by atoms with E-state index in [1.54, 1.807) is 11.3 Å². The third-order valence-electron chi connectivity index (χ3n) is 5.44. The van der Waals surface area contributed by atoms with E-state index >= 15 is 0 Å². The van der Waals surface area contributed by atoms with Gasteiger partial charge in [-0.1, -0.05) is 42.5 Å². The van der Waals surface area contributed by atoms with Crippen molar-refractivity contribution in [1.29, 1.82) is 0 Å². The zero-order valence-electron chi connectivity index (χ0n) is 17.2. The van der Waals surface area contributed by atoms with E-state index in [0.29, 0.717) is 18.8 Å². The first kappa shape index (κ1) is 19.7. The third kappa shape index (κ3) is 4.04. The number of hydrogen-bond donors (Lipinski definition) is 1. The fraction of sp³-hybridized carbons (Fsp3) is 0.200. The number of ketones is 1. The first-order valence-electron chi connectivity index (χ1n) is 10.3. The highest BCUT2D eigenvalue weighted by molar-refractivity contribution is 7.14. The van der Waals surface area contributed by atoms with E-state index in [-0.39, 0.29) is 5.78 Å². The molecular weight excluding hydrogens is 406 g/mol. The highest BCUT2D eigenvalue weighted by atomic mass is 32.1. The number of Topliss-reactive ketones (excluding diaryl/α,β-unsaturated/α-hetero) is 1. The number of ether oxygens (including phenoxy) is 1. The minimum atomic E-state index is -0.586. The number of benzene rings is 2. The molecule has 0 radical (unpaired) electrons. The molecule has 1 atom stereocenters. The Balaban J connectivity index is 1.55. The van der Waals surface area contributed by atoms with E-state index in [9.17, 15) is 4.79 Å². The van der Waals surface area contributed by atoms with Gasteiger partial charge in [-0.15, -0.1) is 11.3 Å². The van der Waals surface area contributed by atoms with Crippen molar-refractivity contribution < 1.29 is 9.53 Å². The largest absolute Gasteiger partial charge is 0.372 e. The summed E-state index contributed by atoms with van der Waals surface area (Å²) >= 11 is 1.59. The molecule has 5 nitrogen and oxygen atoms in total. The van der Waals surface area contributed by atoms with Gasteiger partial charge in [0, 0.05) is 28.9 Å². The molecule has 0 aliphatic carbocycles. The summed E-state index contributed by atoms with van der Waals surface area (Å²) < 4.78 is 7.63. The quantitative estimate of drug-likeness (QED) is 0.412. The Morgan fingerprint density at radius 2 is 2.03 bits per heavy atom. The maximum absolute atomic E-state index is 13.9. The van der Waals surface area contributed by atoms with Crippen LogP contribution in [0.3, 0.4) is 0 Å². The molecule has 2 aromatic carbocycles. The van der Waals surface area contributed by atoms with Crippen LogP contribution >= 0.6 is 11.3 Å². The van der Waals surface area contributed by atoms with Crippen molar-refractivity contribution in [1.82, 2.24) is 9.55 Å². The molecule has 0 fully saturated rings. The number of rotatable bonds is 6. The summed E-state index contributed by atoms with van der Waals surface area (Å²) in [5.74, 6) is 0.872. The molecular formula is C25H23N3O2S. The molecule has 1 aliphatic heterocycles. The maximum atomic E-state index is 13.9. The van der Waals surface area contributed by atoms with E-state index in [4.69, 9.17) is 9.72 Å². The van der Waals surface area contributed by atoms with Crippen LogP contribution in [-0.4, -0.2) is 21.9 Å². The smallest absolute Gasteiger partial charge is 0.192 e. The molecule has 31 heavy (non-hydrogen) atoms. The minimum absolute atomic E-state index is 0.0120. The number of carbonyl (C=O) groups is 1. The molecule has 2 aromatic heterocycles. The Morgan fingerprint density at radius 1 is 1.16 bits per heavy atom. The highest BCUT2D eigenvalue weighted by Gasteiger charge is 2.29. The predicted molar refractivity (Wildman–Crippen MR) is 124 cm³/mol. The summed E-state index contributed by atoms with van der Waals surface area (Å²) in [7, 11) is 0. The number of nitrogens with zero attached hydrogens (tertiary/aromatic N) is 2. The summed E-state index contributed by atoms with van der Waals surface area (Å²) in [5.41, 5.74) is 4.51. The number of aromatic nitrogens is 2. The van der Waals surface area contributed by atoms with Gasteiger partial charge in [0.25, 0.3) is 0 Å². The average molecular weight is 430 g/mol. The lowest BCUT2D eigenvalue weighted by Gasteiger charge is -2.18. The molecule has 1 unspecified atom stereocenters. The van der Waals surface area contributed by atoms with Crippen molar-refractivity contribution in [3.63, 3.8) is 0 Å². The van der Waals surface area contributed by atoms with Crippen LogP contribution in [0.25, 0.3) is 10.4 Å². The molecule has 1 N–H and O–H groups in total. The van der Waals surface area contributed by atoms with Gasteiger partial charge in [0.2, 0.25) is 0 Å². The topological polar surface area (TPSA) is 56.2 Å². The molecule has 0 saturated carbocycles. The highest BCUT2D eigenvalue weighted by Crippen LogP contribution is 2.34. The van der Waals surface area contributed by atoms with Crippen molar-refractivity contribution in [2.24, 2.45) is 0 Å². The summed E-state index contributed by atoms with van der Waals surface area (Å²) in [6.45, 7) is 3.93. The van der Waals surface area contributed by atoms with E-state index in [1.165, 1.54) is 0 Å².